The van der Waals surface area contributed by atoms with E-state index in [1.54, 1.807) is 14.2 Å². The highest BCUT2D eigenvalue weighted by Gasteiger charge is 2.20. The van der Waals surface area contributed by atoms with Crippen LogP contribution in [0.4, 0.5) is 11.4 Å². The molecule has 27 heavy (non-hydrogen) atoms. The van der Waals surface area contributed by atoms with Crippen molar-refractivity contribution in [2.75, 3.05) is 50.6 Å². The van der Waals surface area contributed by atoms with Crippen LogP contribution >= 0.6 is 35.4 Å². The van der Waals surface area contributed by atoms with Crippen molar-refractivity contribution in [3.63, 3.8) is 0 Å². The van der Waals surface area contributed by atoms with Gasteiger partial charge >= 0.3 is 0 Å². The summed E-state index contributed by atoms with van der Waals surface area (Å²) in [5.74, 6) is 1.35. The highest BCUT2D eigenvalue weighted by molar-refractivity contribution is 7.80. The molecule has 1 heterocycles. The Morgan fingerprint density at radius 3 is 2.26 bits per heavy atom. The third-order valence-electron chi connectivity index (χ3n) is 4.47. The van der Waals surface area contributed by atoms with Gasteiger partial charge in [0.1, 0.15) is 0 Å². The van der Waals surface area contributed by atoms with Crippen molar-refractivity contribution >= 4 is 51.9 Å². The summed E-state index contributed by atoms with van der Waals surface area (Å²) in [6.07, 6.45) is 0. The predicted octanol–water partition coefficient (Wildman–Crippen LogP) is 4.53. The molecule has 1 N–H and O–H groups in total. The fraction of sp³-hybridized carbons (Fsp3) is 0.316. The van der Waals surface area contributed by atoms with Gasteiger partial charge in [0.05, 0.1) is 24.3 Å². The van der Waals surface area contributed by atoms with Gasteiger partial charge in [0.2, 0.25) is 0 Å². The van der Waals surface area contributed by atoms with E-state index in [9.17, 15) is 0 Å². The Labute approximate surface area is 174 Å². The summed E-state index contributed by atoms with van der Waals surface area (Å²) in [6, 6.07) is 11.4. The van der Waals surface area contributed by atoms with E-state index < -0.39 is 0 Å². The summed E-state index contributed by atoms with van der Waals surface area (Å²) in [4.78, 5) is 4.43. The number of halogens is 2. The average Bonchev–Trinajstić information content (AvgIpc) is 2.70. The number of nitrogens with one attached hydrogen (secondary N) is 1. The smallest absolute Gasteiger partial charge is 0.173 e. The van der Waals surface area contributed by atoms with Crippen LogP contribution < -0.4 is 19.7 Å². The molecule has 0 unspecified atom stereocenters. The Morgan fingerprint density at radius 1 is 0.926 bits per heavy atom. The Bertz CT molecular complexity index is 827. The molecule has 1 fully saturated rings. The summed E-state index contributed by atoms with van der Waals surface area (Å²) in [7, 11) is 3.23. The third-order valence-corrected chi connectivity index (χ3v) is 5.57. The number of piperazine rings is 1. The van der Waals surface area contributed by atoms with Crippen molar-refractivity contribution in [1.29, 1.82) is 0 Å². The number of nitrogens with zero attached hydrogens (tertiary/aromatic N) is 2. The fourth-order valence-corrected chi connectivity index (χ4v) is 3.56. The average molecular weight is 426 g/mol. The molecule has 0 spiro atoms. The molecule has 0 bridgehead atoms. The maximum absolute atomic E-state index is 6.13. The van der Waals surface area contributed by atoms with E-state index in [2.05, 4.69) is 15.1 Å². The molecule has 2 aromatic carbocycles. The van der Waals surface area contributed by atoms with Crippen LogP contribution in [0.2, 0.25) is 10.0 Å². The molecule has 0 radical (unpaired) electrons. The van der Waals surface area contributed by atoms with Crippen molar-refractivity contribution in [2.45, 2.75) is 0 Å². The second-order valence-electron chi connectivity index (χ2n) is 6.07. The number of hydrogen-bond donors (Lipinski definition) is 1. The van der Waals surface area contributed by atoms with Crippen LogP contribution in [-0.4, -0.2) is 50.4 Å². The molecule has 8 heteroatoms. The molecule has 0 saturated carbocycles. The standard InChI is InChI=1S/C19H21Cl2N3O2S/c1-25-17-6-3-13(11-18(17)26-2)22-19(27)24-9-7-23(8-10-24)14-4-5-15(20)16(21)12-14/h3-6,11-12H,7-10H2,1-2H3,(H,22,27). The van der Waals surface area contributed by atoms with Gasteiger partial charge in [0, 0.05) is 43.6 Å². The molecule has 1 aliphatic rings. The first-order valence-electron chi connectivity index (χ1n) is 8.50. The van der Waals surface area contributed by atoms with Crippen LogP contribution in [0.3, 0.4) is 0 Å². The normalized spacial score (nSPS) is 14.1. The third kappa shape index (κ3) is 4.69. The molecule has 144 valence electrons. The molecule has 0 amide bonds. The van der Waals surface area contributed by atoms with E-state index in [1.165, 1.54) is 0 Å². The first kappa shape index (κ1) is 19.9. The van der Waals surface area contributed by atoms with Gasteiger partial charge in [-0.05, 0) is 42.5 Å². The second kappa shape index (κ2) is 8.87. The Balaban J connectivity index is 1.59. The maximum Gasteiger partial charge on any atom is 0.173 e. The van der Waals surface area contributed by atoms with Gasteiger partial charge in [-0.15, -0.1) is 0 Å². The number of thiocarbonyl (C=S) groups is 1. The van der Waals surface area contributed by atoms with Crippen LogP contribution in [0, 0.1) is 0 Å². The summed E-state index contributed by atoms with van der Waals surface area (Å²) in [6.45, 7) is 3.34. The lowest BCUT2D eigenvalue weighted by Gasteiger charge is -2.37. The number of benzene rings is 2. The molecular formula is C19H21Cl2N3O2S. The van der Waals surface area contributed by atoms with Crippen LogP contribution in [0.5, 0.6) is 11.5 Å². The van der Waals surface area contributed by atoms with Gasteiger partial charge in [-0.25, -0.2) is 0 Å². The summed E-state index contributed by atoms with van der Waals surface area (Å²) in [5.41, 5.74) is 1.94. The van der Waals surface area contributed by atoms with Gasteiger partial charge < -0.3 is 24.6 Å². The van der Waals surface area contributed by atoms with E-state index in [4.69, 9.17) is 44.9 Å². The second-order valence-corrected chi connectivity index (χ2v) is 7.27. The largest absolute Gasteiger partial charge is 0.493 e. The predicted molar refractivity (Wildman–Crippen MR) is 116 cm³/mol. The topological polar surface area (TPSA) is 37.0 Å². The SMILES string of the molecule is COc1ccc(NC(=S)N2CCN(c3ccc(Cl)c(Cl)c3)CC2)cc1OC. The summed E-state index contributed by atoms with van der Waals surface area (Å²) < 4.78 is 10.6. The molecule has 0 aliphatic carbocycles. The molecule has 3 rings (SSSR count). The molecule has 2 aromatic rings. The van der Waals surface area contributed by atoms with Gasteiger partial charge in [0.25, 0.3) is 0 Å². The van der Waals surface area contributed by atoms with E-state index in [0.29, 0.717) is 26.7 Å². The number of ether oxygens (including phenoxy) is 2. The summed E-state index contributed by atoms with van der Waals surface area (Å²) in [5, 5.41) is 5.10. The highest BCUT2D eigenvalue weighted by Crippen LogP contribution is 2.30. The van der Waals surface area contributed by atoms with Crippen molar-refractivity contribution in [1.82, 2.24) is 4.90 Å². The zero-order valence-electron chi connectivity index (χ0n) is 15.2. The molecule has 1 aliphatic heterocycles. The van der Waals surface area contributed by atoms with E-state index in [1.807, 2.05) is 36.4 Å². The minimum Gasteiger partial charge on any atom is -0.493 e. The molecule has 0 atom stereocenters. The number of anilines is 2. The van der Waals surface area contributed by atoms with Crippen molar-refractivity contribution in [3.8, 4) is 11.5 Å². The zero-order valence-corrected chi connectivity index (χ0v) is 17.5. The van der Waals surface area contributed by atoms with Gasteiger partial charge in [-0.1, -0.05) is 23.2 Å². The van der Waals surface area contributed by atoms with Gasteiger partial charge in [-0.2, -0.15) is 0 Å². The summed E-state index contributed by atoms with van der Waals surface area (Å²) >= 11 is 17.7. The number of methoxy groups -OCH3 is 2. The first-order chi connectivity index (χ1) is 13.0. The Hall–Kier alpha value is -1.89. The molecule has 5 nitrogen and oxygen atoms in total. The molecule has 1 saturated heterocycles. The minimum atomic E-state index is 0.569. The minimum absolute atomic E-state index is 0.569. The monoisotopic (exact) mass is 425 g/mol. The number of hydrogen-bond acceptors (Lipinski definition) is 4. The molecule has 0 aromatic heterocycles. The van der Waals surface area contributed by atoms with Crippen molar-refractivity contribution in [3.05, 3.63) is 46.4 Å². The lowest BCUT2D eigenvalue weighted by atomic mass is 10.2. The fourth-order valence-electron chi connectivity index (χ4n) is 2.97. The van der Waals surface area contributed by atoms with Crippen molar-refractivity contribution < 1.29 is 9.47 Å². The van der Waals surface area contributed by atoms with Crippen LogP contribution in [-0.2, 0) is 0 Å². The van der Waals surface area contributed by atoms with E-state index >= 15 is 0 Å². The van der Waals surface area contributed by atoms with Crippen molar-refractivity contribution in [2.24, 2.45) is 0 Å². The number of rotatable bonds is 4. The van der Waals surface area contributed by atoms with Gasteiger partial charge in [-0.3, -0.25) is 0 Å². The Kier molecular flexibility index (Phi) is 6.52. The van der Waals surface area contributed by atoms with Crippen LogP contribution in [0.15, 0.2) is 36.4 Å². The van der Waals surface area contributed by atoms with Crippen LogP contribution in [0.25, 0.3) is 0 Å². The zero-order chi connectivity index (χ0) is 19.4. The molecular weight excluding hydrogens is 405 g/mol. The van der Waals surface area contributed by atoms with E-state index in [0.717, 1.165) is 37.6 Å². The quantitative estimate of drug-likeness (QED) is 0.725. The first-order valence-corrected chi connectivity index (χ1v) is 9.66. The van der Waals surface area contributed by atoms with Crippen LogP contribution in [0.1, 0.15) is 0 Å². The Morgan fingerprint density at radius 2 is 1.63 bits per heavy atom. The lowest BCUT2D eigenvalue weighted by molar-refractivity contribution is 0.355. The maximum atomic E-state index is 6.13. The lowest BCUT2D eigenvalue weighted by Crippen LogP contribution is -2.50. The van der Waals surface area contributed by atoms with E-state index in [-0.39, 0.29) is 0 Å². The van der Waals surface area contributed by atoms with Gasteiger partial charge in [0.15, 0.2) is 16.6 Å². The highest BCUT2D eigenvalue weighted by atomic mass is 35.5.